The van der Waals surface area contributed by atoms with Crippen molar-refractivity contribution < 1.29 is 24.2 Å². The van der Waals surface area contributed by atoms with Crippen LogP contribution in [0.1, 0.15) is 25.1 Å². The summed E-state index contributed by atoms with van der Waals surface area (Å²) >= 11 is 3.15. The van der Waals surface area contributed by atoms with Crippen LogP contribution in [0.15, 0.2) is 23.2 Å². The van der Waals surface area contributed by atoms with Crippen LogP contribution in [0.4, 0.5) is 0 Å². The van der Waals surface area contributed by atoms with Gasteiger partial charge in [0, 0.05) is 23.8 Å². The first-order valence-corrected chi connectivity index (χ1v) is 12.2. The number of amides is 1. The molecule has 31 heavy (non-hydrogen) atoms. The summed E-state index contributed by atoms with van der Waals surface area (Å²) in [5.41, 5.74) is 11.9. The third-order valence-corrected chi connectivity index (χ3v) is 8.41. The predicted octanol–water partition coefficient (Wildman–Crippen LogP) is -0.994. The number of hydrogen-bond donors (Lipinski definition) is 3. The molecule has 0 radical (unpaired) electrons. The van der Waals surface area contributed by atoms with Crippen LogP contribution < -0.4 is 21.0 Å². The zero-order chi connectivity index (χ0) is 22.4. The second-order valence-corrected chi connectivity index (χ2v) is 10.1. The topological polar surface area (TPSA) is 142 Å². The van der Waals surface area contributed by atoms with Gasteiger partial charge in [0.15, 0.2) is 0 Å². The summed E-state index contributed by atoms with van der Waals surface area (Å²) < 4.78 is 4.14. The lowest BCUT2D eigenvalue weighted by atomic mass is 9.77. The largest absolute Gasteiger partial charge is 0.543 e. The second-order valence-electron chi connectivity index (χ2n) is 8.00. The SMILES string of the molecule is C[C@@H](O)[C@H]1C(=O)N2C(C(=O)[O-])=C(c3c[n+]4cn(CCCN)c(SCCN)c4s3)[C@H](C)[C@H]12. The van der Waals surface area contributed by atoms with Gasteiger partial charge in [-0.1, -0.05) is 30.0 Å². The van der Waals surface area contributed by atoms with Crippen LogP contribution in [-0.4, -0.2) is 57.4 Å². The van der Waals surface area contributed by atoms with Crippen molar-refractivity contribution in [1.82, 2.24) is 9.47 Å². The summed E-state index contributed by atoms with van der Waals surface area (Å²) in [4.78, 5) is 27.7. The second kappa shape index (κ2) is 8.55. The summed E-state index contributed by atoms with van der Waals surface area (Å²) in [5.74, 6) is -1.78. The van der Waals surface area contributed by atoms with Crippen LogP contribution in [0.5, 0.6) is 0 Å². The number of aliphatic carboxylic acids is 1. The Labute approximate surface area is 188 Å². The molecule has 11 heteroatoms. The molecular formula is C20H27N5O4S2. The minimum absolute atomic E-state index is 0.0731. The number of thiazole rings is 1. The fourth-order valence-electron chi connectivity index (χ4n) is 4.66. The van der Waals surface area contributed by atoms with E-state index in [9.17, 15) is 19.8 Å². The standard InChI is InChI=1S/C20H27N5O4S2/c1-10-13(16(20(28)29)25-15(10)14(11(2)26)17(25)27)12-8-24-9-23(6-3-4-21)18(19(24)31-12)30-7-5-22/h8-11,14-15,26H,3-7,21-22H2,1-2H3/t10-,11+,14+,15+/m0/s1. The van der Waals surface area contributed by atoms with Crippen molar-refractivity contribution in [3.8, 4) is 0 Å². The van der Waals surface area contributed by atoms with Crippen molar-refractivity contribution in [1.29, 1.82) is 0 Å². The van der Waals surface area contributed by atoms with Gasteiger partial charge in [-0.25, -0.2) is 4.57 Å². The molecule has 1 saturated heterocycles. The number of fused-ring (bicyclic) bond motifs is 2. The first kappa shape index (κ1) is 22.3. The number of hydrogen-bond acceptors (Lipinski definition) is 8. The van der Waals surface area contributed by atoms with Crippen molar-refractivity contribution in [2.45, 2.75) is 44.0 Å². The van der Waals surface area contributed by atoms with E-state index in [0.29, 0.717) is 18.7 Å². The highest BCUT2D eigenvalue weighted by atomic mass is 32.2. The predicted molar refractivity (Wildman–Crippen MR) is 116 cm³/mol. The lowest BCUT2D eigenvalue weighted by Gasteiger charge is -2.47. The Morgan fingerprint density at radius 1 is 1.42 bits per heavy atom. The number of aromatic nitrogens is 2. The molecule has 0 aromatic carbocycles. The van der Waals surface area contributed by atoms with Gasteiger partial charge in [0.1, 0.15) is 6.20 Å². The number of carboxylic acid groups (broad SMARTS) is 1. The molecule has 4 heterocycles. The van der Waals surface area contributed by atoms with Crippen molar-refractivity contribution in [3.63, 3.8) is 0 Å². The molecule has 2 aliphatic rings. The van der Waals surface area contributed by atoms with E-state index in [1.165, 1.54) is 16.2 Å². The van der Waals surface area contributed by atoms with E-state index < -0.39 is 18.0 Å². The summed E-state index contributed by atoms with van der Waals surface area (Å²) in [5, 5.41) is 23.1. The van der Waals surface area contributed by atoms with E-state index in [-0.39, 0.29) is 23.6 Å². The molecule has 0 spiro atoms. The van der Waals surface area contributed by atoms with Gasteiger partial charge in [-0.05, 0) is 19.9 Å². The summed E-state index contributed by atoms with van der Waals surface area (Å²) in [6.45, 7) is 5.41. The van der Waals surface area contributed by atoms with Gasteiger partial charge in [0.25, 0.3) is 6.33 Å². The van der Waals surface area contributed by atoms with Crippen LogP contribution in [0.25, 0.3) is 10.4 Å². The highest BCUT2D eigenvalue weighted by Gasteiger charge is 2.59. The van der Waals surface area contributed by atoms with Crippen molar-refractivity contribution >= 4 is 45.4 Å². The molecule has 2 aliphatic heterocycles. The average Bonchev–Trinajstić information content (AvgIpc) is 3.32. The zero-order valence-electron chi connectivity index (χ0n) is 17.5. The smallest absolute Gasteiger partial charge is 0.250 e. The van der Waals surface area contributed by atoms with E-state index in [4.69, 9.17) is 11.5 Å². The monoisotopic (exact) mass is 465 g/mol. The first-order chi connectivity index (χ1) is 14.8. The van der Waals surface area contributed by atoms with Gasteiger partial charge in [-0.3, -0.25) is 4.79 Å². The number of carbonyl (C=O) groups is 2. The third-order valence-electron chi connectivity index (χ3n) is 6.00. The molecule has 9 nitrogen and oxygen atoms in total. The van der Waals surface area contributed by atoms with E-state index in [1.54, 1.807) is 18.7 Å². The normalized spacial score (nSPS) is 24.1. The van der Waals surface area contributed by atoms with Crippen molar-refractivity contribution in [3.05, 3.63) is 23.1 Å². The Morgan fingerprint density at radius 2 is 2.16 bits per heavy atom. The zero-order valence-corrected chi connectivity index (χ0v) is 19.1. The molecule has 5 N–H and O–H groups in total. The molecule has 1 fully saturated rings. The van der Waals surface area contributed by atoms with Gasteiger partial charge >= 0.3 is 0 Å². The van der Waals surface area contributed by atoms with Gasteiger partial charge in [-0.2, -0.15) is 4.40 Å². The number of nitrogens with two attached hydrogens (primary N) is 2. The van der Waals surface area contributed by atoms with E-state index in [0.717, 1.165) is 33.5 Å². The molecule has 168 valence electrons. The van der Waals surface area contributed by atoms with Crippen LogP contribution in [0.2, 0.25) is 0 Å². The molecule has 2 aromatic rings. The average molecular weight is 466 g/mol. The summed E-state index contributed by atoms with van der Waals surface area (Å²) in [6, 6.07) is -0.363. The number of aliphatic hydroxyl groups excluding tert-OH is 1. The maximum atomic E-state index is 12.6. The van der Waals surface area contributed by atoms with E-state index >= 15 is 0 Å². The minimum atomic E-state index is -1.37. The molecule has 0 saturated carbocycles. The fourth-order valence-corrected chi connectivity index (χ4v) is 6.99. The molecule has 4 rings (SSSR count). The number of imidazole rings is 1. The highest BCUT2D eigenvalue weighted by molar-refractivity contribution is 7.99. The van der Waals surface area contributed by atoms with Gasteiger partial charge in [0.2, 0.25) is 15.8 Å². The Balaban J connectivity index is 1.78. The number of carboxylic acids is 1. The molecule has 2 aromatic heterocycles. The molecular weight excluding hydrogens is 438 g/mol. The van der Waals surface area contributed by atoms with Crippen molar-refractivity contribution in [2.24, 2.45) is 23.3 Å². The maximum Gasteiger partial charge on any atom is 0.250 e. The third kappa shape index (κ3) is 3.48. The Kier molecular flexibility index (Phi) is 6.14. The Bertz CT molecular complexity index is 1060. The summed E-state index contributed by atoms with van der Waals surface area (Å²) in [7, 11) is 0. The number of aryl methyl sites for hydroxylation is 1. The van der Waals surface area contributed by atoms with Gasteiger partial charge < -0.3 is 31.4 Å². The van der Waals surface area contributed by atoms with E-state index in [2.05, 4.69) is 4.57 Å². The number of β-lactam (4-membered cyclic amide) rings is 1. The Morgan fingerprint density at radius 3 is 2.77 bits per heavy atom. The van der Waals surface area contributed by atoms with Crippen LogP contribution >= 0.6 is 23.1 Å². The van der Waals surface area contributed by atoms with Gasteiger partial charge in [-0.15, -0.1) is 0 Å². The summed E-state index contributed by atoms with van der Waals surface area (Å²) in [6.07, 6.45) is 3.91. The van der Waals surface area contributed by atoms with E-state index in [1.807, 2.05) is 23.8 Å². The van der Waals surface area contributed by atoms with Crippen LogP contribution in [-0.2, 0) is 16.1 Å². The number of carbonyl (C=O) groups excluding carboxylic acids is 2. The quantitative estimate of drug-likeness (QED) is 0.245. The number of thioether (sulfide) groups is 1. The highest BCUT2D eigenvalue weighted by Crippen LogP contribution is 2.51. The molecule has 0 unspecified atom stereocenters. The Hall–Kier alpha value is -1.92. The minimum Gasteiger partial charge on any atom is -0.543 e. The number of aliphatic hydroxyl groups is 1. The maximum absolute atomic E-state index is 12.6. The number of rotatable bonds is 9. The lowest BCUT2D eigenvalue weighted by molar-refractivity contribution is -0.508. The first-order valence-electron chi connectivity index (χ1n) is 10.4. The molecule has 0 aliphatic carbocycles. The fraction of sp³-hybridized carbons (Fsp3) is 0.550. The molecule has 0 bridgehead atoms. The number of nitrogens with zero attached hydrogens (tertiary/aromatic N) is 3. The molecule has 4 atom stereocenters. The van der Waals surface area contributed by atoms with Crippen LogP contribution in [0.3, 0.4) is 0 Å². The lowest BCUT2D eigenvalue weighted by Crippen LogP contribution is -2.64. The molecule has 1 amide bonds. The van der Waals surface area contributed by atoms with Crippen molar-refractivity contribution in [2.75, 3.05) is 18.8 Å². The van der Waals surface area contributed by atoms with Gasteiger partial charge in [0.05, 0.1) is 41.2 Å². The van der Waals surface area contributed by atoms with Crippen LogP contribution in [0, 0.1) is 11.8 Å².